The molecule has 0 spiro atoms. The average Bonchev–Trinajstić information content (AvgIpc) is 3.27. The average molecular weight is 711 g/mol. The van der Waals surface area contributed by atoms with Crippen LogP contribution in [0.1, 0.15) is 5.56 Å². The Bertz CT molecular complexity index is 3120. The first-order valence-electron chi connectivity index (χ1n) is 19.7. The molecule has 0 radical (unpaired) electrons. The van der Waals surface area contributed by atoms with Crippen LogP contribution in [0.3, 0.4) is 0 Å². The van der Waals surface area contributed by atoms with Crippen LogP contribution in [-0.2, 0) is 0 Å². The second-order valence-electron chi connectivity index (χ2n) is 15.1. The summed E-state index contributed by atoms with van der Waals surface area (Å²) >= 11 is 0. The zero-order valence-electron chi connectivity index (χ0n) is 30.9. The lowest BCUT2D eigenvalue weighted by atomic mass is 9.76. The number of hydrogen-bond acceptors (Lipinski definition) is 0. The molecular weight excluding hydrogens is 673 g/mol. The van der Waals surface area contributed by atoms with Gasteiger partial charge in [0.05, 0.1) is 0 Å². The fraction of sp³-hybridized carbons (Fsp3) is 0.0357. The summed E-state index contributed by atoms with van der Waals surface area (Å²) in [6.45, 7) is 0. The lowest BCUT2D eigenvalue weighted by Gasteiger charge is -2.28. The van der Waals surface area contributed by atoms with Crippen molar-refractivity contribution in [2.24, 2.45) is 11.8 Å². The Morgan fingerprint density at radius 3 is 1.55 bits per heavy atom. The molecule has 0 fully saturated rings. The molecule has 0 saturated carbocycles. The molecule has 9 aromatic rings. The highest BCUT2D eigenvalue weighted by Gasteiger charge is 2.25. The summed E-state index contributed by atoms with van der Waals surface area (Å²) in [6, 6.07) is 65.3. The maximum atomic E-state index is 2.47. The van der Waals surface area contributed by atoms with Crippen LogP contribution in [0.5, 0.6) is 0 Å². The molecule has 0 amide bonds. The van der Waals surface area contributed by atoms with Gasteiger partial charge in [0.2, 0.25) is 0 Å². The first-order chi connectivity index (χ1) is 27.8. The summed E-state index contributed by atoms with van der Waals surface area (Å²) in [4.78, 5) is 0. The monoisotopic (exact) mass is 710 g/mol. The van der Waals surface area contributed by atoms with Gasteiger partial charge in [-0.2, -0.15) is 0 Å². The Balaban J connectivity index is 1.15. The maximum Gasteiger partial charge on any atom is 0.0125 e. The number of rotatable bonds is 5. The van der Waals surface area contributed by atoms with E-state index in [0.717, 1.165) is 0 Å². The van der Waals surface area contributed by atoms with Crippen LogP contribution in [-0.4, -0.2) is 0 Å². The van der Waals surface area contributed by atoms with Gasteiger partial charge in [0.15, 0.2) is 0 Å². The molecule has 0 aromatic heterocycles. The second-order valence-corrected chi connectivity index (χ2v) is 15.1. The smallest absolute Gasteiger partial charge is 0.0125 e. The van der Waals surface area contributed by atoms with Crippen molar-refractivity contribution < 1.29 is 0 Å². The Morgan fingerprint density at radius 1 is 0.304 bits per heavy atom. The van der Waals surface area contributed by atoms with E-state index in [0.29, 0.717) is 11.8 Å². The Hall–Kier alpha value is -7.02. The minimum atomic E-state index is 0.322. The quantitative estimate of drug-likeness (QED) is 0.156. The molecule has 0 heterocycles. The topological polar surface area (TPSA) is 0 Å². The van der Waals surface area contributed by atoms with E-state index in [-0.39, 0.29) is 0 Å². The third kappa shape index (κ3) is 5.37. The predicted octanol–water partition coefficient (Wildman–Crippen LogP) is 15.3. The van der Waals surface area contributed by atoms with Crippen LogP contribution in [0.15, 0.2) is 218 Å². The molecule has 262 valence electrons. The third-order valence-electron chi connectivity index (χ3n) is 12.0. The molecule has 0 saturated heterocycles. The normalized spacial score (nSPS) is 16.1. The summed E-state index contributed by atoms with van der Waals surface area (Å²) in [5.74, 6) is 0.698. The fourth-order valence-electron chi connectivity index (χ4n) is 9.40. The SMILES string of the molecule is C1=CC2C=CC=C(c3ccc4c(-c5cccc(-c6cccc7ccccc67)c5)c5ccccc5c(-c5ccc(-c6cccc7ccccc67)cc5)c4c3)C2C=C1. The Morgan fingerprint density at radius 2 is 0.821 bits per heavy atom. The highest BCUT2D eigenvalue weighted by molar-refractivity contribution is 6.22. The van der Waals surface area contributed by atoms with E-state index < -0.39 is 0 Å². The first kappa shape index (κ1) is 32.4. The zero-order chi connectivity index (χ0) is 37.0. The largest absolute Gasteiger partial charge is 0.0767 e. The Labute approximate surface area is 327 Å². The molecule has 0 N–H and O–H groups in total. The third-order valence-corrected chi connectivity index (χ3v) is 12.0. The molecule has 0 bridgehead atoms. The van der Waals surface area contributed by atoms with E-state index in [2.05, 4.69) is 218 Å². The first-order valence-corrected chi connectivity index (χ1v) is 19.7. The van der Waals surface area contributed by atoms with Crippen molar-refractivity contribution in [2.45, 2.75) is 0 Å². The van der Waals surface area contributed by atoms with Gasteiger partial charge in [-0.3, -0.25) is 0 Å². The molecule has 2 unspecified atom stereocenters. The molecule has 11 rings (SSSR count). The lowest BCUT2D eigenvalue weighted by Crippen LogP contribution is -2.14. The van der Waals surface area contributed by atoms with Crippen molar-refractivity contribution in [3.05, 3.63) is 224 Å². The van der Waals surface area contributed by atoms with Crippen molar-refractivity contribution in [3.8, 4) is 44.5 Å². The number of hydrogen-bond donors (Lipinski definition) is 0. The summed E-state index contributed by atoms with van der Waals surface area (Å²) in [6.07, 6.45) is 16.0. The lowest BCUT2D eigenvalue weighted by molar-refractivity contribution is 0.678. The van der Waals surface area contributed by atoms with Crippen LogP contribution < -0.4 is 0 Å². The molecule has 56 heavy (non-hydrogen) atoms. The molecule has 2 aliphatic rings. The van der Waals surface area contributed by atoms with Gasteiger partial charge in [-0.25, -0.2) is 0 Å². The van der Waals surface area contributed by atoms with Gasteiger partial charge in [-0.05, 0) is 111 Å². The molecular formula is C56H38. The summed E-state index contributed by atoms with van der Waals surface area (Å²) in [7, 11) is 0. The van der Waals surface area contributed by atoms with Gasteiger partial charge in [-0.15, -0.1) is 0 Å². The van der Waals surface area contributed by atoms with Crippen LogP contribution in [0.2, 0.25) is 0 Å². The van der Waals surface area contributed by atoms with Gasteiger partial charge < -0.3 is 0 Å². The van der Waals surface area contributed by atoms with Crippen LogP contribution in [0, 0.1) is 11.8 Å². The van der Waals surface area contributed by atoms with Crippen molar-refractivity contribution in [2.75, 3.05) is 0 Å². The van der Waals surface area contributed by atoms with E-state index in [4.69, 9.17) is 0 Å². The predicted molar refractivity (Wildman–Crippen MR) is 241 cm³/mol. The van der Waals surface area contributed by atoms with E-state index in [1.807, 2.05) is 0 Å². The highest BCUT2D eigenvalue weighted by Crippen LogP contribution is 2.47. The summed E-state index contributed by atoms with van der Waals surface area (Å²) < 4.78 is 0. The van der Waals surface area contributed by atoms with Crippen molar-refractivity contribution >= 4 is 48.7 Å². The standard InChI is InChI=1S/C56H38/c1-4-21-45-37(13-1)16-10-26-48(45)40-29-31-41(32-30-40)55-51-24-7-8-25-52(51)56(44-20-9-19-42(35-44)49-27-11-17-38-14-2-5-22-46(38)49)53-34-33-43(36-54(53)55)50-28-12-18-39-15-3-6-23-47(39)50/h1-36,39,47H. The summed E-state index contributed by atoms with van der Waals surface area (Å²) in [5, 5.41) is 10.1. The molecule has 2 atom stereocenters. The number of benzene rings is 9. The fourth-order valence-corrected chi connectivity index (χ4v) is 9.40. The van der Waals surface area contributed by atoms with Crippen molar-refractivity contribution in [3.63, 3.8) is 0 Å². The molecule has 0 aliphatic heterocycles. The summed E-state index contributed by atoms with van der Waals surface area (Å²) in [5.41, 5.74) is 12.6. The van der Waals surface area contributed by atoms with Crippen LogP contribution >= 0.6 is 0 Å². The van der Waals surface area contributed by atoms with Crippen LogP contribution in [0.4, 0.5) is 0 Å². The van der Waals surface area contributed by atoms with E-state index in [1.54, 1.807) is 0 Å². The number of fused-ring (bicyclic) bond motifs is 5. The van der Waals surface area contributed by atoms with Gasteiger partial charge >= 0.3 is 0 Å². The van der Waals surface area contributed by atoms with Crippen molar-refractivity contribution in [1.29, 1.82) is 0 Å². The van der Waals surface area contributed by atoms with E-state index in [9.17, 15) is 0 Å². The van der Waals surface area contributed by atoms with E-state index in [1.165, 1.54) is 98.7 Å². The van der Waals surface area contributed by atoms with Gasteiger partial charge in [0, 0.05) is 11.8 Å². The van der Waals surface area contributed by atoms with Crippen molar-refractivity contribution in [1.82, 2.24) is 0 Å². The zero-order valence-corrected chi connectivity index (χ0v) is 30.9. The molecule has 0 nitrogen and oxygen atoms in total. The molecule has 9 aromatic carbocycles. The van der Waals surface area contributed by atoms with Gasteiger partial charge in [0.25, 0.3) is 0 Å². The van der Waals surface area contributed by atoms with Gasteiger partial charge in [0.1, 0.15) is 0 Å². The minimum absolute atomic E-state index is 0.322. The number of allylic oxidation sites excluding steroid dienone is 8. The Kier molecular flexibility index (Phi) is 7.74. The molecule has 2 aliphatic carbocycles. The minimum Gasteiger partial charge on any atom is -0.0767 e. The molecule has 0 heteroatoms. The second kappa shape index (κ2) is 13.4. The van der Waals surface area contributed by atoms with E-state index >= 15 is 0 Å². The van der Waals surface area contributed by atoms with Gasteiger partial charge in [-0.1, -0.05) is 206 Å². The van der Waals surface area contributed by atoms with Crippen LogP contribution in [0.25, 0.3) is 93.2 Å². The highest BCUT2D eigenvalue weighted by atomic mass is 14.3. The maximum absolute atomic E-state index is 2.47.